The summed E-state index contributed by atoms with van der Waals surface area (Å²) in [6, 6.07) is 7.88. The minimum Gasteiger partial charge on any atom is -0.481 e. The van der Waals surface area contributed by atoms with E-state index in [4.69, 9.17) is 14.7 Å². The van der Waals surface area contributed by atoms with Crippen molar-refractivity contribution in [1.29, 1.82) is 0 Å². The Kier molecular flexibility index (Phi) is 8.69. The van der Waals surface area contributed by atoms with E-state index in [-0.39, 0.29) is 6.03 Å². The highest BCUT2D eigenvalue weighted by Gasteiger charge is 2.37. The molecule has 0 radical (unpaired) electrons. The number of amides is 2. The molecule has 230 valence electrons. The Balaban J connectivity index is 1.29. The summed E-state index contributed by atoms with van der Waals surface area (Å²) in [4.78, 5) is 47.1. The topological polar surface area (TPSA) is 146 Å². The fourth-order valence-electron chi connectivity index (χ4n) is 5.49. The van der Waals surface area contributed by atoms with Crippen molar-refractivity contribution in [2.24, 2.45) is 5.41 Å². The predicted octanol–water partition coefficient (Wildman–Crippen LogP) is 4.48. The maximum Gasteiger partial charge on any atom is 0.321 e. The second kappa shape index (κ2) is 12.8. The van der Waals surface area contributed by atoms with E-state index in [0.29, 0.717) is 43.6 Å². The monoisotopic (exact) mass is 616 g/mol. The Labute approximate surface area is 259 Å². The number of hydrogen-bond acceptors (Lipinski definition) is 10. The number of carboxylic acid groups (broad SMARTS) is 1. The van der Waals surface area contributed by atoms with Gasteiger partial charge in [0.1, 0.15) is 0 Å². The molecule has 0 unspecified atom stereocenters. The zero-order valence-corrected chi connectivity index (χ0v) is 25.7. The van der Waals surface area contributed by atoms with Crippen LogP contribution in [0.25, 0.3) is 32.6 Å². The number of benzene rings is 1. The summed E-state index contributed by atoms with van der Waals surface area (Å²) >= 11 is 1.41. The molecule has 1 aromatic carbocycles. The standard InChI is InChI=1S/C31H36N8O4S/c1-3-32-29(42)37-30-36-25-15-21(22-17-34-28(35-18-22)39-8-6-31(2,7-9-39)27(40)41)14-23(26(25)44-30)24-5-4-20(16-33-24)19-38-10-12-43-13-11-38/h4-5,14-18H,3,6-13,19H2,1-2H3,(H,40,41)(H2,32,36,37,42). The van der Waals surface area contributed by atoms with Crippen LogP contribution < -0.4 is 15.5 Å². The number of carboxylic acids is 1. The highest BCUT2D eigenvalue weighted by Crippen LogP contribution is 2.38. The molecule has 2 aliphatic rings. The van der Waals surface area contributed by atoms with E-state index in [0.717, 1.165) is 71.0 Å². The lowest BCUT2D eigenvalue weighted by molar-refractivity contribution is -0.149. The van der Waals surface area contributed by atoms with Gasteiger partial charge in [-0.1, -0.05) is 17.4 Å². The number of piperidine rings is 1. The number of carbonyl (C=O) groups is 2. The van der Waals surface area contributed by atoms with Crippen LogP contribution in [0.2, 0.25) is 0 Å². The minimum atomic E-state index is -0.757. The molecule has 12 nitrogen and oxygen atoms in total. The molecule has 6 rings (SSSR count). The van der Waals surface area contributed by atoms with E-state index in [1.165, 1.54) is 11.3 Å². The van der Waals surface area contributed by atoms with Crippen molar-refractivity contribution in [2.75, 3.05) is 56.2 Å². The van der Waals surface area contributed by atoms with E-state index in [2.05, 4.69) is 37.6 Å². The maximum atomic E-state index is 12.2. The molecular formula is C31H36N8O4S. The first-order chi connectivity index (χ1) is 21.3. The van der Waals surface area contributed by atoms with Crippen molar-refractivity contribution in [3.8, 4) is 22.4 Å². The number of aromatic nitrogens is 4. The number of nitrogens with one attached hydrogen (secondary N) is 2. The number of urea groups is 1. The molecule has 0 spiro atoms. The fourth-order valence-corrected chi connectivity index (χ4v) is 6.45. The van der Waals surface area contributed by atoms with Crippen LogP contribution in [0.15, 0.2) is 42.9 Å². The van der Waals surface area contributed by atoms with Gasteiger partial charge in [-0.2, -0.15) is 0 Å². The Morgan fingerprint density at radius 2 is 1.77 bits per heavy atom. The molecule has 2 saturated heterocycles. The minimum absolute atomic E-state index is 0.302. The maximum absolute atomic E-state index is 12.2. The van der Waals surface area contributed by atoms with Gasteiger partial charge in [-0.05, 0) is 56.0 Å². The molecule has 0 atom stereocenters. The van der Waals surface area contributed by atoms with Gasteiger partial charge in [-0.25, -0.2) is 19.7 Å². The van der Waals surface area contributed by atoms with E-state index in [9.17, 15) is 14.7 Å². The molecule has 0 bridgehead atoms. The number of hydrogen-bond donors (Lipinski definition) is 3. The van der Waals surface area contributed by atoms with E-state index in [1.54, 1.807) is 19.3 Å². The Morgan fingerprint density at radius 1 is 1.02 bits per heavy atom. The lowest BCUT2D eigenvalue weighted by Crippen LogP contribution is -2.43. The molecule has 2 aliphatic heterocycles. The number of ether oxygens (including phenoxy) is 1. The zero-order valence-electron chi connectivity index (χ0n) is 24.9. The van der Waals surface area contributed by atoms with Crippen molar-refractivity contribution in [3.63, 3.8) is 0 Å². The molecule has 44 heavy (non-hydrogen) atoms. The summed E-state index contributed by atoms with van der Waals surface area (Å²) in [6.07, 6.45) is 6.59. The van der Waals surface area contributed by atoms with Gasteiger partial charge in [0.15, 0.2) is 5.13 Å². The van der Waals surface area contributed by atoms with Crippen molar-refractivity contribution in [3.05, 3.63) is 48.4 Å². The van der Waals surface area contributed by atoms with E-state index in [1.807, 2.05) is 30.2 Å². The first kappa shape index (κ1) is 29.9. The zero-order chi connectivity index (χ0) is 30.7. The number of fused-ring (bicyclic) bond motifs is 1. The summed E-state index contributed by atoms with van der Waals surface area (Å²) in [6.45, 7) is 9.50. The van der Waals surface area contributed by atoms with Crippen LogP contribution in [0.1, 0.15) is 32.3 Å². The van der Waals surface area contributed by atoms with Crippen LogP contribution in [0, 0.1) is 5.41 Å². The van der Waals surface area contributed by atoms with Gasteiger partial charge in [0, 0.05) is 69.0 Å². The molecule has 5 heterocycles. The van der Waals surface area contributed by atoms with Gasteiger partial charge in [0.05, 0.1) is 34.5 Å². The average Bonchev–Trinajstić information content (AvgIpc) is 3.44. The normalized spacial score (nSPS) is 17.0. The molecule has 13 heteroatoms. The van der Waals surface area contributed by atoms with Gasteiger partial charge in [0.2, 0.25) is 5.95 Å². The third-order valence-electron chi connectivity index (χ3n) is 8.30. The average molecular weight is 617 g/mol. The number of morpholine rings is 1. The van der Waals surface area contributed by atoms with Crippen LogP contribution in [0.5, 0.6) is 0 Å². The van der Waals surface area contributed by atoms with Crippen LogP contribution in [-0.2, 0) is 16.1 Å². The van der Waals surface area contributed by atoms with Crippen LogP contribution in [0.3, 0.4) is 0 Å². The number of rotatable bonds is 8. The molecule has 4 aromatic rings. The lowest BCUT2D eigenvalue weighted by Gasteiger charge is -2.36. The van der Waals surface area contributed by atoms with Crippen molar-refractivity contribution < 1.29 is 19.4 Å². The molecule has 3 N–H and O–H groups in total. The second-order valence-corrected chi connectivity index (χ2v) is 12.4. The summed E-state index contributed by atoms with van der Waals surface area (Å²) in [7, 11) is 0. The first-order valence-electron chi connectivity index (χ1n) is 14.9. The molecular weight excluding hydrogens is 580 g/mol. The summed E-state index contributed by atoms with van der Waals surface area (Å²) in [5, 5.41) is 15.6. The molecule has 0 aliphatic carbocycles. The number of carbonyl (C=O) groups excluding carboxylic acids is 1. The van der Waals surface area contributed by atoms with Crippen molar-refractivity contribution in [1.82, 2.24) is 30.2 Å². The van der Waals surface area contributed by atoms with Gasteiger partial charge < -0.3 is 20.1 Å². The van der Waals surface area contributed by atoms with Crippen LogP contribution in [-0.4, -0.2) is 87.9 Å². The Morgan fingerprint density at radius 3 is 2.43 bits per heavy atom. The highest BCUT2D eigenvalue weighted by molar-refractivity contribution is 7.22. The quantitative estimate of drug-likeness (QED) is 0.259. The third-order valence-corrected chi connectivity index (χ3v) is 9.32. The van der Waals surface area contributed by atoms with E-state index >= 15 is 0 Å². The summed E-state index contributed by atoms with van der Waals surface area (Å²) in [5.41, 5.74) is 4.57. The SMILES string of the molecule is CCNC(=O)Nc1nc2cc(-c3cnc(N4CCC(C)(C(=O)O)CC4)nc3)cc(-c3ccc(CN4CCOCC4)cn3)c2s1. The Hall–Kier alpha value is -4.20. The van der Waals surface area contributed by atoms with Gasteiger partial charge >= 0.3 is 12.0 Å². The largest absolute Gasteiger partial charge is 0.481 e. The second-order valence-electron chi connectivity index (χ2n) is 11.4. The molecule has 3 aromatic heterocycles. The van der Waals surface area contributed by atoms with Crippen molar-refractivity contribution >= 4 is 44.6 Å². The van der Waals surface area contributed by atoms with Crippen molar-refractivity contribution in [2.45, 2.75) is 33.2 Å². The summed E-state index contributed by atoms with van der Waals surface area (Å²) < 4.78 is 6.39. The molecule has 2 amide bonds. The van der Waals surface area contributed by atoms with Gasteiger partial charge in [0.25, 0.3) is 0 Å². The highest BCUT2D eigenvalue weighted by atomic mass is 32.1. The number of aliphatic carboxylic acids is 1. The smallest absolute Gasteiger partial charge is 0.321 e. The Bertz CT molecular complexity index is 1630. The lowest BCUT2D eigenvalue weighted by atomic mass is 9.80. The number of anilines is 2. The van der Waals surface area contributed by atoms with Crippen LogP contribution >= 0.6 is 11.3 Å². The molecule has 2 fully saturated rings. The third kappa shape index (κ3) is 6.49. The number of nitrogens with zero attached hydrogens (tertiary/aromatic N) is 6. The fraction of sp³-hybridized carbons (Fsp3) is 0.419. The van der Waals surface area contributed by atoms with E-state index < -0.39 is 11.4 Å². The molecule has 0 saturated carbocycles. The van der Waals surface area contributed by atoms with Gasteiger partial charge in [-0.3, -0.25) is 20.0 Å². The van der Waals surface area contributed by atoms with Crippen LogP contribution in [0.4, 0.5) is 15.9 Å². The summed E-state index contributed by atoms with van der Waals surface area (Å²) in [5.74, 6) is -0.172. The predicted molar refractivity (Wildman–Crippen MR) is 170 cm³/mol. The number of thiazole rings is 1. The number of pyridine rings is 1. The van der Waals surface area contributed by atoms with Gasteiger partial charge in [-0.15, -0.1) is 0 Å². The first-order valence-corrected chi connectivity index (χ1v) is 15.7.